The second-order valence-corrected chi connectivity index (χ2v) is 9.51. The van der Waals surface area contributed by atoms with Gasteiger partial charge in [0.05, 0.1) is 19.0 Å². The van der Waals surface area contributed by atoms with E-state index in [1.807, 2.05) is 6.92 Å². The number of hydrogen-bond acceptors (Lipinski definition) is 5. The van der Waals surface area contributed by atoms with Crippen LogP contribution in [0.4, 0.5) is 17.6 Å². The van der Waals surface area contributed by atoms with Crippen LogP contribution in [0.3, 0.4) is 0 Å². The molecule has 0 saturated carbocycles. The first-order valence-corrected chi connectivity index (χ1v) is 12.5. The molecule has 1 saturated heterocycles. The Bertz CT molecular complexity index is 1490. The fraction of sp³-hybridized carbons (Fsp3) is 0.321. The molecule has 1 fully saturated rings. The van der Waals surface area contributed by atoms with E-state index in [1.165, 1.54) is 26.2 Å². The number of methoxy groups -OCH3 is 1. The van der Waals surface area contributed by atoms with E-state index in [4.69, 9.17) is 4.74 Å². The summed E-state index contributed by atoms with van der Waals surface area (Å²) < 4.78 is 61.8. The largest absolute Gasteiger partial charge is 0.497 e. The summed E-state index contributed by atoms with van der Waals surface area (Å²) in [6.45, 7) is 5.24. The topological polar surface area (TPSA) is 63.0 Å². The van der Waals surface area contributed by atoms with Gasteiger partial charge in [-0.1, -0.05) is 12.1 Å². The quantitative estimate of drug-likeness (QED) is 0.317. The second kappa shape index (κ2) is 10.3. The molecule has 2 aromatic carbocycles. The lowest BCUT2D eigenvalue weighted by Gasteiger charge is -2.38. The smallest absolute Gasteiger partial charge is 0.433 e. The summed E-state index contributed by atoms with van der Waals surface area (Å²) >= 11 is 0. The van der Waals surface area contributed by atoms with Gasteiger partial charge in [-0.15, -0.1) is 0 Å². The van der Waals surface area contributed by atoms with Crippen molar-refractivity contribution in [1.29, 1.82) is 0 Å². The molecule has 4 aromatic rings. The van der Waals surface area contributed by atoms with Gasteiger partial charge in [-0.3, -0.25) is 9.69 Å². The van der Waals surface area contributed by atoms with Gasteiger partial charge < -0.3 is 9.64 Å². The Morgan fingerprint density at radius 3 is 2.23 bits per heavy atom. The van der Waals surface area contributed by atoms with Crippen LogP contribution in [0.5, 0.6) is 5.75 Å². The zero-order chi connectivity index (χ0) is 27.9. The molecule has 0 bridgehead atoms. The summed E-state index contributed by atoms with van der Waals surface area (Å²) in [4.78, 5) is 21.8. The van der Waals surface area contributed by atoms with Gasteiger partial charge in [-0.2, -0.15) is 18.3 Å². The number of hydrogen-bond donors (Lipinski definition) is 0. The molecule has 204 valence electrons. The normalized spacial score (nSPS) is 15.5. The fourth-order valence-corrected chi connectivity index (χ4v) is 5.02. The van der Waals surface area contributed by atoms with Crippen LogP contribution in [0, 0.1) is 12.7 Å². The average molecular weight is 542 g/mol. The molecule has 1 atom stereocenters. The van der Waals surface area contributed by atoms with Crippen molar-refractivity contribution in [2.75, 3.05) is 33.3 Å². The highest BCUT2D eigenvalue weighted by molar-refractivity contribution is 6.00. The predicted octanol–water partition coefficient (Wildman–Crippen LogP) is 5.39. The highest BCUT2D eigenvalue weighted by Gasteiger charge is 2.39. The minimum absolute atomic E-state index is 0.00953. The zero-order valence-electron chi connectivity index (χ0n) is 21.7. The molecular formula is C28H27F4N5O2. The Morgan fingerprint density at radius 2 is 1.64 bits per heavy atom. The number of piperazine rings is 1. The Morgan fingerprint density at radius 1 is 1.00 bits per heavy atom. The van der Waals surface area contributed by atoms with Gasteiger partial charge in [-0.25, -0.2) is 13.9 Å². The monoisotopic (exact) mass is 541 g/mol. The molecule has 2 aromatic heterocycles. The number of rotatable bonds is 5. The number of alkyl halides is 3. The molecule has 7 nitrogen and oxygen atoms in total. The molecule has 0 radical (unpaired) electrons. The van der Waals surface area contributed by atoms with Crippen molar-refractivity contribution in [2.24, 2.45) is 0 Å². The number of fused-ring (bicyclic) bond motifs is 1. The maximum absolute atomic E-state index is 14.2. The van der Waals surface area contributed by atoms with Gasteiger partial charge >= 0.3 is 6.18 Å². The third-order valence-corrected chi connectivity index (χ3v) is 7.25. The van der Waals surface area contributed by atoms with E-state index in [0.29, 0.717) is 42.0 Å². The lowest BCUT2D eigenvalue weighted by Crippen LogP contribution is -2.49. The van der Waals surface area contributed by atoms with Crippen LogP contribution in [0.1, 0.15) is 40.1 Å². The van der Waals surface area contributed by atoms with Gasteiger partial charge in [0.1, 0.15) is 17.1 Å². The minimum Gasteiger partial charge on any atom is -0.497 e. The van der Waals surface area contributed by atoms with Crippen LogP contribution in [-0.4, -0.2) is 63.6 Å². The molecule has 0 N–H and O–H groups in total. The first-order valence-electron chi connectivity index (χ1n) is 12.5. The van der Waals surface area contributed by atoms with Crippen molar-refractivity contribution >= 4 is 11.6 Å². The minimum atomic E-state index is -4.72. The number of carbonyl (C=O) groups excluding carboxylic acids is 1. The standard InChI is InChI=1S/C28H27F4N5O2/c1-17-24(20-6-10-22(39-3)11-7-20)34-26-23(16-33-37(26)25(17)28(30,31)32)27(38)36-14-12-35(13-15-36)18(2)19-4-8-21(29)9-5-19/h4-11,16,18H,12-15H2,1-3H3/t18-/m0/s1. The molecule has 1 aliphatic heterocycles. The number of nitrogens with zero attached hydrogens (tertiary/aromatic N) is 5. The Balaban J connectivity index is 1.45. The summed E-state index contributed by atoms with van der Waals surface area (Å²) in [6.07, 6.45) is -3.56. The van der Waals surface area contributed by atoms with Crippen molar-refractivity contribution in [3.05, 3.63) is 82.9 Å². The summed E-state index contributed by atoms with van der Waals surface area (Å²) in [5.74, 6) is -0.173. The third kappa shape index (κ3) is 5.06. The van der Waals surface area contributed by atoms with Crippen molar-refractivity contribution in [2.45, 2.75) is 26.1 Å². The van der Waals surface area contributed by atoms with E-state index >= 15 is 0 Å². The summed E-state index contributed by atoms with van der Waals surface area (Å²) in [5.41, 5.74) is 0.334. The number of benzene rings is 2. The summed E-state index contributed by atoms with van der Waals surface area (Å²) in [6, 6.07) is 12.9. The SMILES string of the molecule is COc1ccc(-c2nc3c(C(=O)N4CCN([C@@H](C)c5ccc(F)cc5)CC4)cnn3c(C(F)(F)F)c2C)cc1. The molecule has 1 aliphatic rings. The Labute approximate surface area is 222 Å². The number of amides is 1. The van der Waals surface area contributed by atoms with Crippen molar-refractivity contribution < 1.29 is 27.1 Å². The van der Waals surface area contributed by atoms with Crippen molar-refractivity contribution in [1.82, 2.24) is 24.4 Å². The number of aromatic nitrogens is 3. The molecular weight excluding hydrogens is 514 g/mol. The molecule has 0 spiro atoms. The van der Waals surface area contributed by atoms with Gasteiger partial charge in [0.15, 0.2) is 11.3 Å². The van der Waals surface area contributed by atoms with Gasteiger partial charge in [0.2, 0.25) is 0 Å². The van der Waals surface area contributed by atoms with Gasteiger partial charge in [-0.05, 0) is 55.8 Å². The van der Waals surface area contributed by atoms with Crippen molar-refractivity contribution in [3.63, 3.8) is 0 Å². The average Bonchev–Trinajstić information content (AvgIpc) is 3.35. The Kier molecular flexibility index (Phi) is 7.02. The van der Waals surface area contributed by atoms with E-state index in [1.54, 1.807) is 41.3 Å². The Hall–Kier alpha value is -3.99. The summed E-state index contributed by atoms with van der Waals surface area (Å²) in [5, 5.41) is 3.94. The third-order valence-electron chi connectivity index (χ3n) is 7.25. The molecule has 11 heteroatoms. The van der Waals surface area contributed by atoms with E-state index in [0.717, 1.165) is 11.8 Å². The van der Waals surface area contributed by atoms with Crippen molar-refractivity contribution in [3.8, 4) is 17.0 Å². The van der Waals surface area contributed by atoms with Crippen LogP contribution in [0.2, 0.25) is 0 Å². The van der Waals surface area contributed by atoms with E-state index in [2.05, 4.69) is 15.0 Å². The zero-order valence-corrected chi connectivity index (χ0v) is 21.7. The van der Waals surface area contributed by atoms with Gasteiger partial charge in [0, 0.05) is 43.3 Å². The lowest BCUT2D eigenvalue weighted by molar-refractivity contribution is -0.143. The highest BCUT2D eigenvalue weighted by Crippen LogP contribution is 2.37. The van der Waals surface area contributed by atoms with Crippen LogP contribution in [0.25, 0.3) is 16.9 Å². The van der Waals surface area contributed by atoms with Crippen LogP contribution < -0.4 is 4.74 Å². The number of ether oxygens (including phenoxy) is 1. The maximum atomic E-state index is 14.2. The van der Waals surface area contributed by atoms with E-state index in [9.17, 15) is 22.4 Å². The molecule has 0 aliphatic carbocycles. The molecule has 5 rings (SSSR count). The molecule has 1 amide bonds. The molecule has 3 heterocycles. The predicted molar refractivity (Wildman–Crippen MR) is 137 cm³/mol. The molecule has 39 heavy (non-hydrogen) atoms. The lowest BCUT2D eigenvalue weighted by atomic mass is 10.0. The van der Waals surface area contributed by atoms with Gasteiger partial charge in [0.25, 0.3) is 5.91 Å². The highest BCUT2D eigenvalue weighted by atomic mass is 19.4. The van der Waals surface area contributed by atoms with E-state index in [-0.39, 0.29) is 34.3 Å². The number of carbonyl (C=O) groups is 1. The van der Waals surface area contributed by atoms with E-state index < -0.39 is 17.8 Å². The van der Waals surface area contributed by atoms with Crippen LogP contribution >= 0.6 is 0 Å². The van der Waals surface area contributed by atoms with Crippen LogP contribution in [-0.2, 0) is 6.18 Å². The fourth-order valence-electron chi connectivity index (χ4n) is 5.02. The first kappa shape index (κ1) is 26.6. The first-order chi connectivity index (χ1) is 18.6. The maximum Gasteiger partial charge on any atom is 0.433 e. The second-order valence-electron chi connectivity index (χ2n) is 9.51. The molecule has 0 unspecified atom stereocenters. The summed E-state index contributed by atoms with van der Waals surface area (Å²) in [7, 11) is 1.50. The van der Waals surface area contributed by atoms with Crippen LogP contribution in [0.15, 0.2) is 54.7 Å². The number of halogens is 4.